The Morgan fingerprint density at radius 2 is 2.08 bits per heavy atom. The van der Waals surface area contributed by atoms with Crippen LogP contribution in [0.2, 0.25) is 0 Å². The van der Waals surface area contributed by atoms with E-state index in [-0.39, 0.29) is 17.8 Å². The second-order valence-electron chi connectivity index (χ2n) is 5.29. The topological polar surface area (TPSA) is 95.7 Å². The number of unbranched alkanes of at least 4 members (excludes halogenated alkanes) is 1. The summed E-state index contributed by atoms with van der Waals surface area (Å²) < 4.78 is 21.4. The van der Waals surface area contributed by atoms with Crippen LogP contribution in [0.5, 0.6) is 5.75 Å². The lowest BCUT2D eigenvalue weighted by molar-refractivity contribution is 0.102. The molecule has 132 valence electrons. The van der Waals surface area contributed by atoms with Gasteiger partial charge in [0.25, 0.3) is 11.8 Å². The molecular weight excluding hydrogens is 326 g/mol. The van der Waals surface area contributed by atoms with Crippen molar-refractivity contribution < 1.29 is 23.4 Å². The Morgan fingerprint density at radius 1 is 1.24 bits per heavy atom. The maximum atomic E-state index is 12.2. The summed E-state index contributed by atoms with van der Waals surface area (Å²) in [5.74, 6) is 0.860. The number of aromatic nitrogens is 2. The van der Waals surface area contributed by atoms with E-state index in [0.717, 1.165) is 18.6 Å². The number of carbonyl (C=O) groups excluding carboxylic acids is 1. The number of hydrogen-bond donors (Lipinski definition) is 1. The summed E-state index contributed by atoms with van der Waals surface area (Å²) in [5.41, 5.74) is 0.457. The number of amides is 1. The number of nitrogens with one attached hydrogen (secondary N) is 1. The second kappa shape index (κ2) is 8.18. The summed E-state index contributed by atoms with van der Waals surface area (Å²) in [6.45, 7) is 3.64. The summed E-state index contributed by atoms with van der Waals surface area (Å²) in [5, 5.41) is 10.1. The van der Waals surface area contributed by atoms with E-state index in [0.29, 0.717) is 31.1 Å². The van der Waals surface area contributed by atoms with E-state index >= 15 is 0 Å². The lowest BCUT2D eigenvalue weighted by atomic mass is 10.2. The average molecular weight is 345 g/mol. The number of ether oxygens (including phenoxy) is 3. The monoisotopic (exact) mass is 345 g/mol. The third kappa shape index (κ3) is 4.50. The van der Waals surface area contributed by atoms with Gasteiger partial charge in [-0.3, -0.25) is 10.1 Å². The van der Waals surface area contributed by atoms with E-state index in [9.17, 15) is 4.79 Å². The molecule has 0 unspecified atom stereocenters. The summed E-state index contributed by atoms with van der Waals surface area (Å²) in [4.78, 5) is 12.2. The van der Waals surface area contributed by atoms with Gasteiger partial charge in [-0.1, -0.05) is 18.4 Å². The molecule has 0 spiro atoms. The van der Waals surface area contributed by atoms with Gasteiger partial charge in [0.05, 0.1) is 6.61 Å². The van der Waals surface area contributed by atoms with Gasteiger partial charge in [0.2, 0.25) is 5.76 Å². The first-order valence-corrected chi connectivity index (χ1v) is 8.09. The normalized spacial score (nSPS) is 13.4. The quantitative estimate of drug-likeness (QED) is 0.771. The molecule has 0 aliphatic carbocycles. The van der Waals surface area contributed by atoms with Crippen LogP contribution in [0.3, 0.4) is 0 Å². The van der Waals surface area contributed by atoms with Gasteiger partial charge < -0.3 is 18.6 Å². The Labute approximate surface area is 144 Å². The molecule has 1 aliphatic rings. The van der Waals surface area contributed by atoms with E-state index in [1.54, 1.807) is 24.3 Å². The first-order chi connectivity index (χ1) is 12.3. The third-order valence-electron chi connectivity index (χ3n) is 3.39. The Morgan fingerprint density at radius 3 is 2.80 bits per heavy atom. The van der Waals surface area contributed by atoms with Crippen LogP contribution in [0.15, 0.2) is 34.9 Å². The van der Waals surface area contributed by atoms with Crippen LogP contribution < -0.4 is 10.1 Å². The zero-order valence-corrected chi connectivity index (χ0v) is 13.9. The summed E-state index contributed by atoms with van der Waals surface area (Å²) >= 11 is 0. The number of anilines is 1. The number of nitrogens with zero attached hydrogens (tertiary/aromatic N) is 2. The first kappa shape index (κ1) is 16.8. The number of benzene rings is 1. The minimum Gasteiger partial charge on any atom is -0.494 e. The predicted octanol–water partition coefficient (Wildman–Crippen LogP) is 2.85. The number of rotatable bonds is 7. The fourth-order valence-corrected chi connectivity index (χ4v) is 2.06. The van der Waals surface area contributed by atoms with Crippen LogP contribution in [-0.4, -0.2) is 35.9 Å². The molecule has 2 heterocycles. The smallest absolute Gasteiger partial charge is 0.322 e. The van der Waals surface area contributed by atoms with Crippen LogP contribution in [0, 0.1) is 0 Å². The first-order valence-electron chi connectivity index (χ1n) is 8.09. The van der Waals surface area contributed by atoms with Crippen molar-refractivity contribution in [1.29, 1.82) is 0 Å². The molecule has 0 saturated carbocycles. The van der Waals surface area contributed by atoms with Crippen LogP contribution in [0.1, 0.15) is 36.0 Å². The second-order valence-corrected chi connectivity index (χ2v) is 5.29. The minimum absolute atomic E-state index is 0.0154. The predicted molar refractivity (Wildman–Crippen MR) is 89.0 cm³/mol. The van der Waals surface area contributed by atoms with Crippen molar-refractivity contribution in [1.82, 2.24) is 10.2 Å². The third-order valence-corrected chi connectivity index (χ3v) is 3.39. The van der Waals surface area contributed by atoms with Crippen molar-refractivity contribution in [3.05, 3.63) is 42.0 Å². The summed E-state index contributed by atoms with van der Waals surface area (Å²) in [6.07, 6.45) is 3.47. The van der Waals surface area contributed by atoms with E-state index in [2.05, 4.69) is 22.4 Å². The number of hydrogen-bond acceptors (Lipinski definition) is 7. The maximum Gasteiger partial charge on any atom is 0.322 e. The van der Waals surface area contributed by atoms with Crippen LogP contribution in [-0.2, 0) is 9.47 Å². The standard InChI is InChI=1S/C17H19N3O5/c1-2-3-8-23-13-6-4-12(5-7-13)15(21)18-17-20-19-16(25-17)14-11-22-9-10-24-14/h4-7,11H,2-3,8-10H2,1H3,(H,18,20,21). The highest BCUT2D eigenvalue weighted by Crippen LogP contribution is 2.20. The number of carbonyl (C=O) groups is 1. The zero-order chi connectivity index (χ0) is 17.5. The van der Waals surface area contributed by atoms with Gasteiger partial charge in [-0.15, -0.1) is 5.10 Å². The van der Waals surface area contributed by atoms with Crippen LogP contribution >= 0.6 is 0 Å². The van der Waals surface area contributed by atoms with Gasteiger partial charge in [0, 0.05) is 5.56 Å². The highest BCUT2D eigenvalue weighted by molar-refractivity contribution is 6.03. The molecule has 8 heteroatoms. The average Bonchev–Trinajstić information content (AvgIpc) is 3.12. The van der Waals surface area contributed by atoms with Crippen molar-refractivity contribution in [2.45, 2.75) is 19.8 Å². The molecule has 1 N–H and O–H groups in total. The zero-order valence-electron chi connectivity index (χ0n) is 13.9. The molecule has 0 saturated heterocycles. The van der Waals surface area contributed by atoms with Gasteiger partial charge >= 0.3 is 6.01 Å². The Hall–Kier alpha value is -3.03. The molecule has 8 nitrogen and oxygen atoms in total. The van der Waals surface area contributed by atoms with Gasteiger partial charge in [0.15, 0.2) is 0 Å². The minimum atomic E-state index is -0.356. The van der Waals surface area contributed by atoms with E-state index < -0.39 is 0 Å². The van der Waals surface area contributed by atoms with Gasteiger partial charge in [-0.05, 0) is 30.7 Å². The molecule has 25 heavy (non-hydrogen) atoms. The highest BCUT2D eigenvalue weighted by atomic mass is 16.6. The molecule has 1 aromatic carbocycles. The summed E-state index contributed by atoms with van der Waals surface area (Å²) in [7, 11) is 0. The van der Waals surface area contributed by atoms with Crippen LogP contribution in [0.4, 0.5) is 6.01 Å². The lowest BCUT2D eigenvalue weighted by Gasteiger charge is -2.11. The van der Waals surface area contributed by atoms with E-state index in [1.807, 2.05) is 0 Å². The maximum absolute atomic E-state index is 12.2. The van der Waals surface area contributed by atoms with E-state index in [4.69, 9.17) is 18.6 Å². The molecule has 0 atom stereocenters. The molecular formula is C17H19N3O5. The molecule has 1 aromatic heterocycles. The van der Waals surface area contributed by atoms with Gasteiger partial charge in [0.1, 0.15) is 25.2 Å². The molecule has 1 aliphatic heterocycles. The largest absolute Gasteiger partial charge is 0.494 e. The molecule has 0 radical (unpaired) electrons. The van der Waals surface area contributed by atoms with Crippen molar-refractivity contribution >= 4 is 17.7 Å². The van der Waals surface area contributed by atoms with Crippen LogP contribution in [0.25, 0.3) is 5.76 Å². The fourth-order valence-electron chi connectivity index (χ4n) is 2.06. The molecule has 2 aromatic rings. The highest BCUT2D eigenvalue weighted by Gasteiger charge is 2.17. The Balaban J connectivity index is 1.58. The Bertz CT molecular complexity index is 739. The van der Waals surface area contributed by atoms with Crippen molar-refractivity contribution in [2.75, 3.05) is 25.1 Å². The van der Waals surface area contributed by atoms with Crippen molar-refractivity contribution in [2.24, 2.45) is 0 Å². The van der Waals surface area contributed by atoms with Crippen molar-refractivity contribution in [3.63, 3.8) is 0 Å². The SMILES string of the molecule is CCCCOc1ccc(C(=O)Nc2nnc(C3=COCCO3)o2)cc1. The molecule has 1 amide bonds. The Kier molecular flexibility index (Phi) is 5.50. The van der Waals surface area contributed by atoms with E-state index in [1.165, 1.54) is 6.26 Å². The molecule has 3 rings (SSSR count). The van der Waals surface area contributed by atoms with Gasteiger partial charge in [-0.25, -0.2) is 0 Å². The lowest BCUT2D eigenvalue weighted by Crippen LogP contribution is -2.12. The fraction of sp³-hybridized carbons (Fsp3) is 0.353. The van der Waals surface area contributed by atoms with Gasteiger partial charge in [-0.2, -0.15) is 0 Å². The molecule has 0 fully saturated rings. The molecule has 0 bridgehead atoms. The van der Waals surface area contributed by atoms with Crippen molar-refractivity contribution in [3.8, 4) is 5.75 Å². The summed E-state index contributed by atoms with van der Waals surface area (Å²) in [6, 6.07) is 6.84.